The van der Waals surface area contributed by atoms with Gasteiger partial charge in [0.2, 0.25) is 0 Å². The van der Waals surface area contributed by atoms with E-state index in [1.165, 1.54) is 18.4 Å². The van der Waals surface area contributed by atoms with Gasteiger partial charge in [-0.1, -0.05) is 57.1 Å². The topological polar surface area (TPSA) is 18.5 Å². The van der Waals surface area contributed by atoms with Crippen molar-refractivity contribution >= 4 is 14.0 Å². The molecule has 23 heavy (non-hydrogen) atoms. The zero-order chi connectivity index (χ0) is 16.7. The third-order valence-electron chi connectivity index (χ3n) is 4.85. The molecule has 0 bridgehead atoms. The summed E-state index contributed by atoms with van der Waals surface area (Å²) in [6.45, 7) is 11.2. The SMILES string of the molecule is CC(C)[SiH](c1ccc(CCCOC2CCCCO2)cc1)C(C)C. The largest absolute Gasteiger partial charge is 0.353 e. The molecule has 1 aliphatic heterocycles. The summed E-state index contributed by atoms with van der Waals surface area (Å²) in [5.74, 6) is 0. The fourth-order valence-electron chi connectivity index (χ4n) is 3.78. The highest BCUT2D eigenvalue weighted by Gasteiger charge is 2.21. The lowest BCUT2D eigenvalue weighted by molar-refractivity contribution is -0.162. The average Bonchev–Trinajstić information content (AvgIpc) is 2.53. The molecule has 3 heteroatoms. The van der Waals surface area contributed by atoms with Crippen molar-refractivity contribution in [2.75, 3.05) is 13.2 Å². The van der Waals surface area contributed by atoms with E-state index in [0.717, 1.165) is 43.6 Å². The number of rotatable bonds is 8. The van der Waals surface area contributed by atoms with Gasteiger partial charge < -0.3 is 9.47 Å². The van der Waals surface area contributed by atoms with Gasteiger partial charge in [0.25, 0.3) is 0 Å². The average molecular weight is 335 g/mol. The van der Waals surface area contributed by atoms with Crippen molar-refractivity contribution in [2.24, 2.45) is 0 Å². The van der Waals surface area contributed by atoms with Crippen LogP contribution in [0.3, 0.4) is 0 Å². The number of hydrogen-bond donors (Lipinski definition) is 0. The van der Waals surface area contributed by atoms with Crippen molar-refractivity contribution in [1.29, 1.82) is 0 Å². The minimum absolute atomic E-state index is 0.0509. The summed E-state index contributed by atoms with van der Waals surface area (Å²) < 4.78 is 11.4. The van der Waals surface area contributed by atoms with E-state index >= 15 is 0 Å². The van der Waals surface area contributed by atoms with Gasteiger partial charge in [0.05, 0.1) is 15.4 Å². The van der Waals surface area contributed by atoms with Gasteiger partial charge in [0.15, 0.2) is 6.29 Å². The first kappa shape index (κ1) is 18.7. The first-order valence-electron chi connectivity index (χ1n) is 9.40. The zero-order valence-corrected chi connectivity index (χ0v) is 16.5. The standard InChI is InChI=1S/C20H34O2Si/c1-16(2)23(17(3)4)19-12-10-18(11-13-19)8-7-15-22-20-9-5-6-14-21-20/h10-13,16-17,20,23H,5-9,14-15H2,1-4H3. The monoisotopic (exact) mass is 334 g/mol. The fraction of sp³-hybridized carbons (Fsp3) is 0.700. The molecule has 0 N–H and O–H groups in total. The maximum Gasteiger partial charge on any atom is 0.157 e. The van der Waals surface area contributed by atoms with Gasteiger partial charge in [-0.15, -0.1) is 0 Å². The molecule has 130 valence electrons. The van der Waals surface area contributed by atoms with E-state index < -0.39 is 8.80 Å². The highest BCUT2D eigenvalue weighted by Crippen LogP contribution is 2.20. The molecule has 2 nitrogen and oxygen atoms in total. The molecule has 0 aromatic heterocycles. The second-order valence-corrected chi connectivity index (χ2v) is 11.9. The quantitative estimate of drug-likeness (QED) is 0.518. The predicted octanol–water partition coefficient (Wildman–Crippen LogP) is 4.42. The highest BCUT2D eigenvalue weighted by molar-refractivity contribution is 6.75. The molecule has 0 radical (unpaired) electrons. The third kappa shape index (κ3) is 6.05. The Bertz CT molecular complexity index is 427. The maximum atomic E-state index is 5.81. The van der Waals surface area contributed by atoms with Gasteiger partial charge >= 0.3 is 0 Å². The third-order valence-corrected chi connectivity index (χ3v) is 8.88. The van der Waals surface area contributed by atoms with Crippen molar-refractivity contribution < 1.29 is 9.47 Å². The summed E-state index contributed by atoms with van der Waals surface area (Å²) in [6.07, 6.45) is 5.71. The van der Waals surface area contributed by atoms with Crippen LogP contribution < -0.4 is 5.19 Å². The Labute approximate surface area is 144 Å². The van der Waals surface area contributed by atoms with Crippen LogP contribution in [-0.4, -0.2) is 28.3 Å². The van der Waals surface area contributed by atoms with Crippen LogP contribution in [0, 0.1) is 0 Å². The molecule has 2 rings (SSSR count). The molecule has 1 aliphatic rings. The van der Waals surface area contributed by atoms with E-state index in [-0.39, 0.29) is 6.29 Å². The Morgan fingerprint density at radius 1 is 1.09 bits per heavy atom. The number of hydrogen-bond acceptors (Lipinski definition) is 2. The van der Waals surface area contributed by atoms with Crippen molar-refractivity contribution in [2.45, 2.75) is 77.2 Å². The van der Waals surface area contributed by atoms with E-state index in [1.807, 2.05) is 0 Å². The van der Waals surface area contributed by atoms with Crippen LogP contribution >= 0.6 is 0 Å². The van der Waals surface area contributed by atoms with Gasteiger partial charge in [0.1, 0.15) is 0 Å². The molecular weight excluding hydrogens is 300 g/mol. The lowest BCUT2D eigenvalue weighted by atomic mass is 10.1. The summed E-state index contributed by atoms with van der Waals surface area (Å²) in [7, 11) is -0.853. The Hall–Kier alpha value is -0.643. The molecule has 1 atom stereocenters. The van der Waals surface area contributed by atoms with Gasteiger partial charge in [-0.2, -0.15) is 0 Å². The number of benzene rings is 1. The Kier molecular flexibility index (Phi) is 7.81. The van der Waals surface area contributed by atoms with Crippen LogP contribution in [0.25, 0.3) is 0 Å². The van der Waals surface area contributed by atoms with Crippen LogP contribution in [0.1, 0.15) is 58.9 Å². The van der Waals surface area contributed by atoms with E-state index in [4.69, 9.17) is 9.47 Å². The second-order valence-electron chi connectivity index (χ2n) is 7.53. The van der Waals surface area contributed by atoms with E-state index in [1.54, 1.807) is 5.19 Å². The van der Waals surface area contributed by atoms with E-state index in [2.05, 4.69) is 52.0 Å². The summed E-state index contributed by atoms with van der Waals surface area (Å²) in [4.78, 5) is 0. The van der Waals surface area contributed by atoms with E-state index in [9.17, 15) is 0 Å². The Morgan fingerprint density at radius 3 is 2.35 bits per heavy atom. The molecule has 0 aliphatic carbocycles. The van der Waals surface area contributed by atoms with Crippen molar-refractivity contribution in [3.05, 3.63) is 29.8 Å². The Balaban J connectivity index is 1.76. The van der Waals surface area contributed by atoms with Crippen molar-refractivity contribution in [3.63, 3.8) is 0 Å². The first-order chi connectivity index (χ1) is 11.1. The normalized spacial score (nSPS) is 19.0. The van der Waals surface area contributed by atoms with Crippen LogP contribution in [0.4, 0.5) is 0 Å². The van der Waals surface area contributed by atoms with E-state index in [0.29, 0.717) is 0 Å². The minimum Gasteiger partial charge on any atom is -0.353 e. The summed E-state index contributed by atoms with van der Waals surface area (Å²) in [5, 5.41) is 1.62. The lowest BCUT2D eigenvalue weighted by Crippen LogP contribution is -2.35. The zero-order valence-electron chi connectivity index (χ0n) is 15.4. The van der Waals surface area contributed by atoms with Crippen molar-refractivity contribution in [1.82, 2.24) is 0 Å². The van der Waals surface area contributed by atoms with Crippen LogP contribution in [0.15, 0.2) is 24.3 Å². The number of aryl methyl sites for hydroxylation is 1. The molecule has 1 heterocycles. The molecule has 0 spiro atoms. The molecule has 1 fully saturated rings. The number of ether oxygens (including phenoxy) is 2. The molecule has 0 saturated carbocycles. The van der Waals surface area contributed by atoms with Crippen LogP contribution in [0.2, 0.25) is 11.1 Å². The molecule has 1 aromatic carbocycles. The summed E-state index contributed by atoms with van der Waals surface area (Å²) in [5.41, 5.74) is 3.08. The fourth-order valence-corrected chi connectivity index (χ4v) is 7.50. The Morgan fingerprint density at radius 2 is 1.78 bits per heavy atom. The van der Waals surface area contributed by atoms with Gasteiger partial charge in [0, 0.05) is 6.61 Å². The highest BCUT2D eigenvalue weighted by atomic mass is 28.3. The smallest absolute Gasteiger partial charge is 0.157 e. The lowest BCUT2D eigenvalue weighted by Gasteiger charge is -2.24. The molecular formula is C20H34O2Si. The minimum atomic E-state index is -0.853. The molecule has 0 amide bonds. The van der Waals surface area contributed by atoms with Crippen LogP contribution in [0.5, 0.6) is 0 Å². The predicted molar refractivity (Wildman–Crippen MR) is 101 cm³/mol. The second kappa shape index (κ2) is 9.60. The molecule has 1 unspecified atom stereocenters. The molecule has 1 aromatic rings. The van der Waals surface area contributed by atoms with Crippen molar-refractivity contribution in [3.8, 4) is 0 Å². The molecule has 1 saturated heterocycles. The first-order valence-corrected chi connectivity index (χ1v) is 11.3. The van der Waals surface area contributed by atoms with Crippen LogP contribution in [-0.2, 0) is 15.9 Å². The van der Waals surface area contributed by atoms with Gasteiger partial charge in [-0.05, 0) is 48.7 Å². The van der Waals surface area contributed by atoms with Gasteiger partial charge in [-0.25, -0.2) is 0 Å². The summed E-state index contributed by atoms with van der Waals surface area (Å²) >= 11 is 0. The maximum absolute atomic E-state index is 5.81. The van der Waals surface area contributed by atoms with Gasteiger partial charge in [-0.3, -0.25) is 0 Å². The summed E-state index contributed by atoms with van der Waals surface area (Å²) in [6, 6.07) is 9.43.